The van der Waals surface area contributed by atoms with E-state index in [1.807, 2.05) is 0 Å². The first-order chi connectivity index (χ1) is 11.1. The molecule has 1 aromatic carbocycles. The van der Waals surface area contributed by atoms with Gasteiger partial charge in [-0.25, -0.2) is 4.39 Å². The minimum Gasteiger partial charge on any atom is -0.485 e. The molecule has 0 saturated carbocycles. The lowest BCUT2D eigenvalue weighted by molar-refractivity contribution is -0.0555. The molecular formula is C16H20FN3O3. The molecule has 0 amide bonds. The summed E-state index contributed by atoms with van der Waals surface area (Å²) in [7, 11) is 0. The molecule has 7 heteroatoms. The smallest absolute Gasteiger partial charge is 0.240 e. The molecule has 1 aliphatic rings. The van der Waals surface area contributed by atoms with Crippen molar-refractivity contribution < 1.29 is 18.4 Å². The molecule has 0 radical (unpaired) electrons. The second-order valence-electron chi connectivity index (χ2n) is 5.77. The van der Waals surface area contributed by atoms with Crippen LogP contribution in [0, 0.1) is 5.82 Å². The van der Waals surface area contributed by atoms with Gasteiger partial charge in [0.25, 0.3) is 0 Å². The van der Waals surface area contributed by atoms with Crippen molar-refractivity contribution >= 4 is 0 Å². The van der Waals surface area contributed by atoms with Crippen molar-refractivity contribution in [1.82, 2.24) is 15.0 Å². The van der Waals surface area contributed by atoms with Crippen molar-refractivity contribution in [1.29, 1.82) is 0 Å². The monoisotopic (exact) mass is 321 g/mol. The van der Waals surface area contributed by atoms with Gasteiger partial charge in [0.1, 0.15) is 11.6 Å². The fourth-order valence-electron chi connectivity index (χ4n) is 2.46. The second-order valence-corrected chi connectivity index (χ2v) is 5.77. The number of ether oxygens (including phenoxy) is 2. The topological polar surface area (TPSA) is 60.6 Å². The molecule has 3 rings (SSSR count). The van der Waals surface area contributed by atoms with E-state index in [0.717, 1.165) is 6.54 Å². The summed E-state index contributed by atoms with van der Waals surface area (Å²) < 4.78 is 29.2. The Labute approximate surface area is 134 Å². The molecule has 0 bridgehead atoms. The number of benzene rings is 1. The van der Waals surface area contributed by atoms with Crippen molar-refractivity contribution in [3.05, 3.63) is 41.8 Å². The third-order valence-corrected chi connectivity index (χ3v) is 3.77. The average molecular weight is 321 g/mol. The molecule has 1 aliphatic heterocycles. The van der Waals surface area contributed by atoms with Gasteiger partial charge in [-0.15, -0.1) is 0 Å². The van der Waals surface area contributed by atoms with Crippen LogP contribution in [0.1, 0.15) is 25.6 Å². The molecule has 0 spiro atoms. The molecule has 1 fully saturated rings. The van der Waals surface area contributed by atoms with Gasteiger partial charge in [-0.2, -0.15) is 4.98 Å². The van der Waals surface area contributed by atoms with Gasteiger partial charge in [0.05, 0.1) is 19.3 Å². The van der Waals surface area contributed by atoms with E-state index in [0.29, 0.717) is 36.7 Å². The number of nitrogens with zero attached hydrogens (tertiary/aromatic N) is 3. The van der Waals surface area contributed by atoms with Crippen LogP contribution in [0.5, 0.6) is 5.75 Å². The molecule has 2 atom stereocenters. The highest BCUT2D eigenvalue weighted by molar-refractivity contribution is 5.22. The lowest BCUT2D eigenvalue weighted by Crippen LogP contribution is -2.46. The van der Waals surface area contributed by atoms with Crippen molar-refractivity contribution in [3.8, 4) is 5.75 Å². The zero-order valence-corrected chi connectivity index (χ0v) is 13.2. The van der Waals surface area contributed by atoms with E-state index >= 15 is 0 Å². The predicted molar refractivity (Wildman–Crippen MR) is 80.3 cm³/mol. The Morgan fingerprint density at radius 2 is 2.09 bits per heavy atom. The van der Waals surface area contributed by atoms with Crippen LogP contribution < -0.4 is 4.74 Å². The summed E-state index contributed by atoms with van der Waals surface area (Å²) in [4.78, 5) is 6.59. The van der Waals surface area contributed by atoms with Crippen LogP contribution in [0.4, 0.5) is 4.39 Å². The molecule has 0 unspecified atom stereocenters. The quantitative estimate of drug-likeness (QED) is 0.843. The van der Waals surface area contributed by atoms with Crippen LogP contribution in [0.15, 0.2) is 28.8 Å². The summed E-state index contributed by atoms with van der Waals surface area (Å²) in [6, 6.07) is 6.13. The zero-order chi connectivity index (χ0) is 16.2. The molecule has 0 aliphatic carbocycles. The lowest BCUT2D eigenvalue weighted by Gasteiger charge is -2.35. The Bertz CT molecular complexity index is 632. The Kier molecular flexibility index (Phi) is 4.88. The van der Waals surface area contributed by atoms with E-state index in [2.05, 4.69) is 28.9 Å². The molecule has 6 nitrogen and oxygen atoms in total. The molecule has 124 valence electrons. The number of hydrogen-bond acceptors (Lipinski definition) is 6. The zero-order valence-electron chi connectivity index (χ0n) is 13.2. The van der Waals surface area contributed by atoms with E-state index < -0.39 is 0 Å². The summed E-state index contributed by atoms with van der Waals surface area (Å²) in [6.45, 7) is 6.48. The Morgan fingerprint density at radius 1 is 1.30 bits per heavy atom. The van der Waals surface area contributed by atoms with Crippen molar-refractivity contribution in [2.24, 2.45) is 0 Å². The standard InChI is InChI=1S/C16H20FN3O3/c1-11-9-21-12(2)7-20(11)8-16-18-15(19-23-16)10-22-14-5-3-13(17)4-6-14/h3-6,11-12H,7-10H2,1-2H3/t11-,12-/m0/s1. The number of morpholine rings is 1. The molecule has 0 N–H and O–H groups in total. The van der Waals surface area contributed by atoms with Crippen molar-refractivity contribution in [2.45, 2.75) is 39.1 Å². The Morgan fingerprint density at radius 3 is 2.87 bits per heavy atom. The van der Waals surface area contributed by atoms with Crippen LogP contribution >= 0.6 is 0 Å². The highest BCUT2D eigenvalue weighted by atomic mass is 19.1. The minimum absolute atomic E-state index is 0.185. The van der Waals surface area contributed by atoms with Crippen LogP contribution in [0.2, 0.25) is 0 Å². The van der Waals surface area contributed by atoms with E-state index in [4.69, 9.17) is 14.0 Å². The number of halogens is 1. The van der Waals surface area contributed by atoms with Gasteiger partial charge < -0.3 is 14.0 Å². The van der Waals surface area contributed by atoms with Crippen LogP contribution in [0.3, 0.4) is 0 Å². The lowest BCUT2D eigenvalue weighted by atomic mass is 10.2. The van der Waals surface area contributed by atoms with Crippen molar-refractivity contribution in [3.63, 3.8) is 0 Å². The van der Waals surface area contributed by atoms with Crippen LogP contribution in [0.25, 0.3) is 0 Å². The summed E-state index contributed by atoms with van der Waals surface area (Å²) in [6.07, 6.45) is 0.204. The Hall–Kier alpha value is -1.99. The summed E-state index contributed by atoms with van der Waals surface area (Å²) >= 11 is 0. The van der Waals surface area contributed by atoms with Gasteiger partial charge in [0.15, 0.2) is 6.61 Å². The van der Waals surface area contributed by atoms with Gasteiger partial charge in [-0.1, -0.05) is 5.16 Å². The largest absolute Gasteiger partial charge is 0.485 e. The fourth-order valence-corrected chi connectivity index (χ4v) is 2.46. The number of rotatable bonds is 5. The number of aromatic nitrogens is 2. The summed E-state index contributed by atoms with van der Waals surface area (Å²) in [5.74, 6) is 1.29. The van der Waals surface area contributed by atoms with Gasteiger partial charge >= 0.3 is 0 Å². The first-order valence-corrected chi connectivity index (χ1v) is 7.65. The summed E-state index contributed by atoms with van der Waals surface area (Å²) in [5, 5.41) is 3.92. The molecule has 2 aromatic rings. The van der Waals surface area contributed by atoms with E-state index in [9.17, 15) is 4.39 Å². The van der Waals surface area contributed by atoms with Gasteiger partial charge in [-0.3, -0.25) is 4.90 Å². The van der Waals surface area contributed by atoms with E-state index in [-0.39, 0.29) is 18.5 Å². The van der Waals surface area contributed by atoms with Gasteiger partial charge in [0, 0.05) is 12.6 Å². The van der Waals surface area contributed by atoms with Gasteiger partial charge in [0.2, 0.25) is 11.7 Å². The maximum atomic E-state index is 12.8. The predicted octanol–water partition coefficient (Wildman–Crippen LogP) is 2.40. The van der Waals surface area contributed by atoms with Crippen LogP contribution in [-0.2, 0) is 17.9 Å². The molecule has 2 heterocycles. The first kappa shape index (κ1) is 15.9. The third-order valence-electron chi connectivity index (χ3n) is 3.77. The number of hydrogen-bond donors (Lipinski definition) is 0. The third kappa shape index (κ3) is 4.27. The molecular weight excluding hydrogens is 301 g/mol. The summed E-state index contributed by atoms with van der Waals surface area (Å²) in [5.41, 5.74) is 0. The second kappa shape index (κ2) is 7.06. The maximum Gasteiger partial charge on any atom is 0.240 e. The normalized spacial score (nSPS) is 22.2. The fraction of sp³-hybridized carbons (Fsp3) is 0.500. The highest BCUT2D eigenvalue weighted by Gasteiger charge is 2.25. The van der Waals surface area contributed by atoms with E-state index in [1.54, 1.807) is 12.1 Å². The molecule has 1 saturated heterocycles. The minimum atomic E-state index is -0.298. The van der Waals surface area contributed by atoms with Crippen LogP contribution in [-0.4, -0.2) is 40.3 Å². The maximum absolute atomic E-state index is 12.8. The molecule has 1 aromatic heterocycles. The van der Waals surface area contributed by atoms with E-state index in [1.165, 1.54) is 12.1 Å². The highest BCUT2D eigenvalue weighted by Crippen LogP contribution is 2.15. The first-order valence-electron chi connectivity index (χ1n) is 7.65. The van der Waals surface area contributed by atoms with Gasteiger partial charge in [-0.05, 0) is 38.1 Å². The van der Waals surface area contributed by atoms with Crippen molar-refractivity contribution in [2.75, 3.05) is 13.2 Å². The SMILES string of the molecule is C[C@H]1CN(Cc2nc(COc3ccc(F)cc3)no2)[C@@H](C)CO1. The molecule has 23 heavy (non-hydrogen) atoms. The Balaban J connectivity index is 1.54. The average Bonchev–Trinajstić information content (AvgIpc) is 2.98.